The van der Waals surface area contributed by atoms with Gasteiger partial charge in [0.2, 0.25) is 0 Å². The Morgan fingerprint density at radius 3 is 2.72 bits per heavy atom. The summed E-state index contributed by atoms with van der Waals surface area (Å²) in [5.41, 5.74) is 0.431. The van der Waals surface area contributed by atoms with Crippen LogP contribution in [0.5, 0.6) is 5.75 Å². The van der Waals surface area contributed by atoms with E-state index in [-0.39, 0.29) is 16.7 Å². The molecule has 92 valence electrons. The molecule has 0 aliphatic heterocycles. The Hall–Kier alpha value is -2.14. The van der Waals surface area contributed by atoms with Crippen LogP contribution in [0.25, 0.3) is 11.4 Å². The van der Waals surface area contributed by atoms with Gasteiger partial charge in [0, 0.05) is 6.07 Å². The number of aromatic nitrogens is 2. The second-order valence-corrected chi connectivity index (χ2v) is 3.79. The highest BCUT2D eigenvalue weighted by atomic mass is 35.5. The normalized spacial score (nSPS) is 10.1. The molecule has 0 radical (unpaired) electrons. The maximum absolute atomic E-state index is 10.9. The van der Waals surface area contributed by atoms with Crippen LogP contribution in [0.15, 0.2) is 30.3 Å². The summed E-state index contributed by atoms with van der Waals surface area (Å²) in [6.07, 6.45) is 0. The van der Waals surface area contributed by atoms with Crippen LogP contribution in [0.3, 0.4) is 0 Å². The van der Waals surface area contributed by atoms with Crippen molar-refractivity contribution in [3.8, 4) is 17.1 Å². The zero-order chi connectivity index (χ0) is 13.1. The molecule has 1 aromatic heterocycles. The minimum atomic E-state index is -1.16. The molecule has 1 heterocycles. The van der Waals surface area contributed by atoms with Crippen molar-refractivity contribution in [1.29, 1.82) is 0 Å². The lowest BCUT2D eigenvalue weighted by molar-refractivity contribution is 0.0690. The molecule has 0 saturated carbocycles. The van der Waals surface area contributed by atoms with Crippen molar-refractivity contribution in [1.82, 2.24) is 9.97 Å². The number of rotatable bonds is 3. The van der Waals surface area contributed by atoms with Crippen molar-refractivity contribution in [2.45, 2.75) is 0 Å². The summed E-state index contributed by atoms with van der Waals surface area (Å²) in [5.74, 6) is -0.385. The topological polar surface area (TPSA) is 72.3 Å². The Balaban J connectivity index is 2.60. The molecule has 0 fully saturated rings. The minimum absolute atomic E-state index is 0.0725. The number of benzene rings is 1. The third-order valence-corrected chi connectivity index (χ3v) is 2.46. The Kier molecular flexibility index (Phi) is 3.43. The molecule has 0 aliphatic rings. The van der Waals surface area contributed by atoms with Gasteiger partial charge >= 0.3 is 5.97 Å². The first kappa shape index (κ1) is 12.3. The van der Waals surface area contributed by atoms with Crippen LogP contribution in [0.4, 0.5) is 0 Å². The van der Waals surface area contributed by atoms with Gasteiger partial charge in [-0.1, -0.05) is 23.7 Å². The quantitative estimate of drug-likeness (QED) is 0.863. The number of nitrogens with zero attached hydrogens (tertiary/aromatic N) is 2. The maximum atomic E-state index is 10.9. The Morgan fingerprint density at radius 2 is 2.06 bits per heavy atom. The number of carbonyl (C=O) groups is 1. The molecule has 0 bridgehead atoms. The average molecular weight is 265 g/mol. The van der Waals surface area contributed by atoms with E-state index in [1.54, 1.807) is 24.3 Å². The molecule has 0 atom stereocenters. The monoisotopic (exact) mass is 264 g/mol. The summed E-state index contributed by atoms with van der Waals surface area (Å²) in [6.45, 7) is 0. The van der Waals surface area contributed by atoms with Crippen LogP contribution < -0.4 is 4.74 Å². The second-order valence-electron chi connectivity index (χ2n) is 3.40. The molecule has 1 aromatic carbocycles. The van der Waals surface area contributed by atoms with Crippen LogP contribution in [0, 0.1) is 0 Å². The Bertz CT molecular complexity index is 602. The lowest BCUT2D eigenvalue weighted by atomic mass is 10.2. The first-order valence-corrected chi connectivity index (χ1v) is 5.41. The van der Waals surface area contributed by atoms with E-state index in [2.05, 4.69) is 9.97 Å². The van der Waals surface area contributed by atoms with Gasteiger partial charge in [0.15, 0.2) is 11.5 Å². The van der Waals surface area contributed by atoms with Crippen LogP contribution in [-0.4, -0.2) is 28.2 Å². The van der Waals surface area contributed by atoms with Gasteiger partial charge in [0.25, 0.3) is 0 Å². The van der Waals surface area contributed by atoms with Crippen LogP contribution >= 0.6 is 11.6 Å². The van der Waals surface area contributed by atoms with Crippen molar-refractivity contribution >= 4 is 17.6 Å². The van der Waals surface area contributed by atoms with Crippen molar-refractivity contribution < 1.29 is 14.6 Å². The SMILES string of the molecule is COc1ccccc1-c1nc(Cl)cc(C(=O)O)n1. The van der Waals surface area contributed by atoms with Gasteiger partial charge in [-0.3, -0.25) is 0 Å². The van der Waals surface area contributed by atoms with E-state index >= 15 is 0 Å². The van der Waals surface area contributed by atoms with Gasteiger partial charge in [-0.05, 0) is 12.1 Å². The molecule has 1 N–H and O–H groups in total. The zero-order valence-corrected chi connectivity index (χ0v) is 10.2. The third kappa shape index (κ3) is 2.41. The lowest BCUT2D eigenvalue weighted by Crippen LogP contribution is -2.03. The standard InChI is InChI=1S/C12H9ClN2O3/c1-18-9-5-3-2-4-7(9)11-14-8(12(16)17)6-10(13)15-11/h2-6H,1H3,(H,16,17). The second kappa shape index (κ2) is 5.01. The zero-order valence-electron chi connectivity index (χ0n) is 9.42. The van der Waals surface area contributed by atoms with E-state index in [9.17, 15) is 4.79 Å². The van der Waals surface area contributed by atoms with Crippen molar-refractivity contribution in [2.75, 3.05) is 7.11 Å². The van der Waals surface area contributed by atoms with E-state index in [0.29, 0.717) is 11.3 Å². The Morgan fingerprint density at radius 1 is 1.33 bits per heavy atom. The van der Waals surface area contributed by atoms with E-state index in [1.165, 1.54) is 13.2 Å². The molecule has 0 spiro atoms. The number of para-hydroxylation sites is 1. The lowest BCUT2D eigenvalue weighted by Gasteiger charge is -2.07. The van der Waals surface area contributed by atoms with E-state index in [0.717, 1.165) is 0 Å². The molecule has 0 saturated heterocycles. The van der Waals surface area contributed by atoms with E-state index in [1.807, 2.05) is 0 Å². The molecule has 18 heavy (non-hydrogen) atoms. The van der Waals surface area contributed by atoms with E-state index in [4.69, 9.17) is 21.4 Å². The molecule has 0 amide bonds. The summed E-state index contributed by atoms with van der Waals surface area (Å²) < 4.78 is 5.17. The molecular weight excluding hydrogens is 256 g/mol. The Labute approximate surface area is 108 Å². The third-order valence-electron chi connectivity index (χ3n) is 2.26. The predicted molar refractivity (Wildman–Crippen MR) is 66.0 cm³/mol. The fraction of sp³-hybridized carbons (Fsp3) is 0.0833. The molecule has 0 unspecified atom stereocenters. The van der Waals surface area contributed by atoms with Crippen LogP contribution in [0.1, 0.15) is 10.5 Å². The fourth-order valence-corrected chi connectivity index (χ4v) is 1.66. The summed E-state index contributed by atoms with van der Waals surface area (Å²) in [6, 6.07) is 8.24. The number of hydrogen-bond acceptors (Lipinski definition) is 4. The molecular formula is C12H9ClN2O3. The van der Waals surface area contributed by atoms with Crippen molar-refractivity contribution in [3.63, 3.8) is 0 Å². The highest BCUT2D eigenvalue weighted by Gasteiger charge is 2.13. The van der Waals surface area contributed by atoms with Gasteiger partial charge in [-0.2, -0.15) is 0 Å². The number of carboxylic acid groups (broad SMARTS) is 1. The van der Waals surface area contributed by atoms with Gasteiger partial charge in [0.05, 0.1) is 12.7 Å². The van der Waals surface area contributed by atoms with E-state index < -0.39 is 5.97 Å². The first-order chi connectivity index (χ1) is 8.61. The highest BCUT2D eigenvalue weighted by Crippen LogP contribution is 2.27. The summed E-state index contributed by atoms with van der Waals surface area (Å²) in [4.78, 5) is 18.9. The maximum Gasteiger partial charge on any atom is 0.354 e. The number of hydrogen-bond donors (Lipinski definition) is 1. The smallest absolute Gasteiger partial charge is 0.354 e. The minimum Gasteiger partial charge on any atom is -0.496 e. The molecule has 2 aromatic rings. The highest BCUT2D eigenvalue weighted by molar-refractivity contribution is 6.29. The summed E-state index contributed by atoms with van der Waals surface area (Å²) >= 11 is 5.78. The van der Waals surface area contributed by atoms with Crippen molar-refractivity contribution in [3.05, 3.63) is 41.2 Å². The van der Waals surface area contributed by atoms with Gasteiger partial charge in [-0.15, -0.1) is 0 Å². The average Bonchev–Trinajstić information content (AvgIpc) is 2.38. The number of carboxylic acids is 1. The van der Waals surface area contributed by atoms with Gasteiger partial charge in [-0.25, -0.2) is 14.8 Å². The molecule has 0 aliphatic carbocycles. The number of methoxy groups -OCH3 is 1. The number of halogens is 1. The van der Waals surface area contributed by atoms with Crippen LogP contribution in [-0.2, 0) is 0 Å². The van der Waals surface area contributed by atoms with Gasteiger partial charge in [0.1, 0.15) is 10.9 Å². The molecule has 6 heteroatoms. The molecule has 2 rings (SSSR count). The van der Waals surface area contributed by atoms with Crippen molar-refractivity contribution in [2.24, 2.45) is 0 Å². The van der Waals surface area contributed by atoms with Gasteiger partial charge < -0.3 is 9.84 Å². The fourth-order valence-electron chi connectivity index (χ4n) is 1.48. The summed E-state index contributed by atoms with van der Waals surface area (Å²) in [7, 11) is 1.52. The number of ether oxygens (including phenoxy) is 1. The largest absolute Gasteiger partial charge is 0.496 e. The first-order valence-electron chi connectivity index (χ1n) is 5.03. The predicted octanol–water partition coefficient (Wildman–Crippen LogP) is 2.50. The number of aromatic carboxylic acids is 1. The summed E-state index contributed by atoms with van der Waals surface area (Å²) in [5, 5.41) is 9.00. The van der Waals surface area contributed by atoms with Crippen LogP contribution in [0.2, 0.25) is 5.15 Å². The molecule has 5 nitrogen and oxygen atoms in total.